The van der Waals surface area contributed by atoms with Gasteiger partial charge in [0.1, 0.15) is 16.5 Å². The van der Waals surface area contributed by atoms with Crippen molar-refractivity contribution in [3.63, 3.8) is 0 Å². The zero-order valence-corrected chi connectivity index (χ0v) is 20.3. The Balaban J connectivity index is 1.25. The Morgan fingerprint density at radius 3 is 2.79 bits per heavy atom. The van der Waals surface area contributed by atoms with Crippen LogP contribution in [0.4, 0.5) is 11.8 Å². The van der Waals surface area contributed by atoms with Gasteiger partial charge in [-0.25, -0.2) is 9.97 Å². The van der Waals surface area contributed by atoms with Crippen LogP contribution in [0.5, 0.6) is 0 Å². The minimum atomic E-state index is 0.209. The summed E-state index contributed by atoms with van der Waals surface area (Å²) in [4.78, 5) is 14.3. The fourth-order valence-corrected chi connectivity index (χ4v) is 7.05. The highest BCUT2D eigenvalue weighted by Crippen LogP contribution is 2.38. The number of anilines is 2. The molecule has 33 heavy (non-hydrogen) atoms. The van der Waals surface area contributed by atoms with Gasteiger partial charge in [-0.1, -0.05) is 11.8 Å². The van der Waals surface area contributed by atoms with E-state index in [4.69, 9.17) is 20.2 Å². The first-order valence-corrected chi connectivity index (χ1v) is 13.6. The number of hydrogen-bond acceptors (Lipinski definition) is 10. The Bertz CT molecular complexity index is 1140. The SMILES string of the molecule is Nc1nc(CSc2nnc(N3CCOCC3)n2CC2CCCO2)nc2sc3c(c12)CCCC3. The van der Waals surface area contributed by atoms with Crippen LogP contribution in [0.25, 0.3) is 10.2 Å². The highest BCUT2D eigenvalue weighted by Gasteiger charge is 2.25. The number of thiophene rings is 1. The van der Waals surface area contributed by atoms with Crippen LogP contribution in [0.2, 0.25) is 0 Å². The molecule has 176 valence electrons. The predicted molar refractivity (Wildman–Crippen MR) is 130 cm³/mol. The van der Waals surface area contributed by atoms with Crippen molar-refractivity contribution in [2.45, 2.75) is 62.1 Å². The number of nitrogens with two attached hydrogens (primary N) is 1. The summed E-state index contributed by atoms with van der Waals surface area (Å²) in [6, 6.07) is 0. The van der Waals surface area contributed by atoms with Crippen LogP contribution in [-0.2, 0) is 34.6 Å². The van der Waals surface area contributed by atoms with Gasteiger partial charge in [0.25, 0.3) is 0 Å². The van der Waals surface area contributed by atoms with Gasteiger partial charge in [-0.2, -0.15) is 0 Å². The molecule has 0 amide bonds. The fourth-order valence-electron chi connectivity index (χ4n) is 4.96. The molecule has 0 aromatic carbocycles. The second-order valence-corrected chi connectivity index (χ2v) is 10.9. The quantitative estimate of drug-likeness (QED) is 0.525. The average molecular weight is 488 g/mol. The van der Waals surface area contributed by atoms with E-state index in [0.29, 0.717) is 24.8 Å². The van der Waals surface area contributed by atoms with Crippen LogP contribution in [0.15, 0.2) is 5.16 Å². The van der Waals surface area contributed by atoms with Gasteiger partial charge in [-0.3, -0.25) is 4.57 Å². The van der Waals surface area contributed by atoms with E-state index in [0.717, 1.165) is 79.1 Å². The summed E-state index contributed by atoms with van der Waals surface area (Å²) in [5.74, 6) is 2.88. The molecule has 3 aromatic rings. The Hall–Kier alpha value is -1.95. The summed E-state index contributed by atoms with van der Waals surface area (Å²) in [5, 5.41) is 11.0. The Labute approximate surface area is 201 Å². The lowest BCUT2D eigenvalue weighted by Crippen LogP contribution is -2.38. The molecule has 3 aliphatic rings. The lowest BCUT2D eigenvalue weighted by atomic mass is 9.97. The molecule has 11 heteroatoms. The number of nitrogen functional groups attached to an aromatic ring is 1. The van der Waals surface area contributed by atoms with Gasteiger partial charge < -0.3 is 20.1 Å². The van der Waals surface area contributed by atoms with E-state index in [1.807, 2.05) is 0 Å². The summed E-state index contributed by atoms with van der Waals surface area (Å²) in [6.45, 7) is 4.68. The standard InChI is InChI=1S/C22H29N7O2S2/c23-19-18-15-5-1-2-6-16(15)33-20(18)25-17(24-19)13-32-22-27-26-21(28-7-10-30-11-8-28)29(22)12-14-4-3-9-31-14/h14H,1-13H2,(H2,23,24,25). The van der Waals surface area contributed by atoms with Crippen molar-refractivity contribution in [2.24, 2.45) is 0 Å². The van der Waals surface area contributed by atoms with Gasteiger partial charge in [0.15, 0.2) is 5.16 Å². The topological polar surface area (TPSA) is 104 Å². The molecule has 3 aromatic heterocycles. The minimum Gasteiger partial charge on any atom is -0.383 e. The van der Waals surface area contributed by atoms with Crippen molar-refractivity contribution in [1.29, 1.82) is 0 Å². The van der Waals surface area contributed by atoms with Crippen molar-refractivity contribution in [1.82, 2.24) is 24.7 Å². The molecule has 2 N–H and O–H groups in total. The smallest absolute Gasteiger partial charge is 0.228 e. The van der Waals surface area contributed by atoms with E-state index in [1.165, 1.54) is 23.3 Å². The molecule has 1 atom stereocenters. The number of hydrogen-bond donors (Lipinski definition) is 1. The summed E-state index contributed by atoms with van der Waals surface area (Å²) >= 11 is 3.41. The molecule has 1 aliphatic carbocycles. The highest BCUT2D eigenvalue weighted by atomic mass is 32.2. The van der Waals surface area contributed by atoms with Gasteiger partial charge in [0, 0.05) is 24.6 Å². The van der Waals surface area contributed by atoms with Gasteiger partial charge in [-0.15, -0.1) is 21.5 Å². The van der Waals surface area contributed by atoms with E-state index in [9.17, 15) is 0 Å². The third-order valence-electron chi connectivity index (χ3n) is 6.62. The number of thioether (sulfide) groups is 1. The second kappa shape index (κ2) is 9.36. The molecule has 2 fully saturated rings. The number of aryl methyl sites for hydroxylation is 2. The molecule has 5 heterocycles. The highest BCUT2D eigenvalue weighted by molar-refractivity contribution is 7.98. The number of fused-ring (bicyclic) bond motifs is 3. The number of rotatable bonds is 6. The largest absolute Gasteiger partial charge is 0.383 e. The molecule has 6 rings (SSSR count). The third kappa shape index (κ3) is 4.31. The fraction of sp³-hybridized carbons (Fsp3) is 0.636. The van der Waals surface area contributed by atoms with Crippen molar-refractivity contribution < 1.29 is 9.47 Å². The summed E-state index contributed by atoms with van der Waals surface area (Å²) in [5.41, 5.74) is 7.79. The van der Waals surface area contributed by atoms with Crippen molar-refractivity contribution in [3.05, 3.63) is 16.3 Å². The maximum Gasteiger partial charge on any atom is 0.228 e. The lowest BCUT2D eigenvalue weighted by molar-refractivity contribution is 0.0942. The summed E-state index contributed by atoms with van der Waals surface area (Å²) in [7, 11) is 0. The van der Waals surface area contributed by atoms with Crippen molar-refractivity contribution in [3.8, 4) is 0 Å². The first-order valence-electron chi connectivity index (χ1n) is 11.8. The first-order chi connectivity index (χ1) is 16.3. The number of nitrogens with zero attached hydrogens (tertiary/aromatic N) is 6. The number of aromatic nitrogens is 5. The van der Waals surface area contributed by atoms with Crippen LogP contribution in [0.3, 0.4) is 0 Å². The van der Waals surface area contributed by atoms with Crippen molar-refractivity contribution >= 4 is 45.1 Å². The molecule has 0 radical (unpaired) electrons. The molecule has 0 bridgehead atoms. The van der Waals surface area contributed by atoms with E-state index in [2.05, 4.69) is 24.6 Å². The molecule has 1 unspecified atom stereocenters. The van der Waals surface area contributed by atoms with Crippen LogP contribution >= 0.6 is 23.1 Å². The van der Waals surface area contributed by atoms with E-state index < -0.39 is 0 Å². The van der Waals surface area contributed by atoms with Crippen LogP contribution in [-0.4, -0.2) is 63.7 Å². The van der Waals surface area contributed by atoms with E-state index in [1.54, 1.807) is 23.1 Å². The Morgan fingerprint density at radius 2 is 1.94 bits per heavy atom. The van der Waals surface area contributed by atoms with Crippen LogP contribution in [0.1, 0.15) is 41.9 Å². The van der Waals surface area contributed by atoms with E-state index in [-0.39, 0.29) is 6.10 Å². The zero-order valence-electron chi connectivity index (χ0n) is 18.7. The van der Waals surface area contributed by atoms with E-state index >= 15 is 0 Å². The zero-order chi connectivity index (χ0) is 22.2. The van der Waals surface area contributed by atoms with Gasteiger partial charge in [-0.05, 0) is 44.1 Å². The minimum absolute atomic E-state index is 0.209. The number of ether oxygens (including phenoxy) is 2. The maximum atomic E-state index is 6.41. The Morgan fingerprint density at radius 1 is 1.06 bits per heavy atom. The summed E-state index contributed by atoms with van der Waals surface area (Å²) in [6.07, 6.45) is 7.10. The maximum absolute atomic E-state index is 6.41. The van der Waals surface area contributed by atoms with Gasteiger partial charge in [0.05, 0.1) is 37.0 Å². The van der Waals surface area contributed by atoms with Crippen LogP contribution < -0.4 is 10.6 Å². The molecule has 2 saturated heterocycles. The second-order valence-electron chi connectivity index (χ2n) is 8.83. The van der Waals surface area contributed by atoms with Gasteiger partial charge in [0.2, 0.25) is 5.95 Å². The molecular formula is C22H29N7O2S2. The molecule has 0 saturated carbocycles. The number of morpholine rings is 1. The first kappa shape index (κ1) is 21.6. The average Bonchev–Trinajstić information content (AvgIpc) is 3.57. The van der Waals surface area contributed by atoms with Gasteiger partial charge >= 0.3 is 0 Å². The lowest BCUT2D eigenvalue weighted by Gasteiger charge is -2.28. The molecular weight excluding hydrogens is 458 g/mol. The molecule has 2 aliphatic heterocycles. The monoisotopic (exact) mass is 487 g/mol. The normalized spacial score (nSPS) is 21.1. The summed E-state index contributed by atoms with van der Waals surface area (Å²) < 4.78 is 13.7. The third-order valence-corrected chi connectivity index (χ3v) is 8.77. The van der Waals surface area contributed by atoms with Crippen molar-refractivity contribution in [2.75, 3.05) is 43.5 Å². The molecule has 9 nitrogen and oxygen atoms in total. The predicted octanol–water partition coefficient (Wildman–Crippen LogP) is 3.05. The molecule has 0 spiro atoms. The van der Waals surface area contributed by atoms with Crippen LogP contribution in [0, 0.1) is 0 Å². The Kier molecular flexibility index (Phi) is 6.12.